The molecule has 0 aromatic heterocycles. The third-order valence-electron chi connectivity index (χ3n) is 4.39. The number of nitrogens with one attached hydrogen (secondary N) is 1. The van der Waals surface area contributed by atoms with Crippen LogP contribution in [0.1, 0.15) is 36.7 Å². The van der Waals surface area contributed by atoms with Gasteiger partial charge in [0.25, 0.3) is 5.91 Å². The first-order chi connectivity index (χ1) is 12.8. The van der Waals surface area contributed by atoms with Gasteiger partial charge in [-0.15, -0.1) is 0 Å². The Morgan fingerprint density at radius 3 is 2.41 bits per heavy atom. The molecule has 6 heteroatoms. The van der Waals surface area contributed by atoms with Gasteiger partial charge in [0.1, 0.15) is 6.54 Å². The molecule has 1 N–H and O–H groups in total. The molecule has 6 nitrogen and oxygen atoms in total. The van der Waals surface area contributed by atoms with Gasteiger partial charge in [-0.25, -0.2) is 4.79 Å². The molecule has 27 heavy (non-hydrogen) atoms. The van der Waals surface area contributed by atoms with E-state index in [9.17, 15) is 14.4 Å². The summed E-state index contributed by atoms with van der Waals surface area (Å²) in [5, 5.41) is 2.71. The lowest BCUT2D eigenvalue weighted by molar-refractivity contribution is -0.124. The maximum absolute atomic E-state index is 12.5. The summed E-state index contributed by atoms with van der Waals surface area (Å²) in [6.45, 7) is 5.73. The smallest absolute Gasteiger partial charge is 0.338 e. The lowest BCUT2D eigenvalue weighted by Crippen LogP contribution is -2.44. The van der Waals surface area contributed by atoms with Crippen LogP contribution in [0.2, 0.25) is 0 Å². The summed E-state index contributed by atoms with van der Waals surface area (Å²) in [7, 11) is 0. The van der Waals surface area contributed by atoms with E-state index in [4.69, 9.17) is 4.74 Å². The number of carbonyl (C=O) groups excluding carboxylic acids is 3. The number of rotatable bonds is 3. The highest BCUT2D eigenvalue weighted by Crippen LogP contribution is 2.29. The van der Waals surface area contributed by atoms with Crippen molar-refractivity contribution in [3.05, 3.63) is 59.7 Å². The van der Waals surface area contributed by atoms with Crippen LogP contribution in [-0.2, 0) is 19.7 Å². The van der Waals surface area contributed by atoms with Gasteiger partial charge < -0.3 is 10.1 Å². The number of para-hydroxylation sites is 2. The minimum atomic E-state index is -0.571. The standard InChI is InChI=1S/C21H22N2O4/c1-21(2,3)15-10-8-14(9-11-15)20(26)27-13-19(25)23-12-18(24)22-16-6-4-5-7-17(16)23/h4-11H,12-13H2,1-3H3,(H,22,24). The van der Waals surface area contributed by atoms with Gasteiger partial charge in [-0.05, 0) is 35.2 Å². The number of hydrogen-bond donors (Lipinski definition) is 1. The Morgan fingerprint density at radius 2 is 1.74 bits per heavy atom. The first-order valence-electron chi connectivity index (χ1n) is 8.72. The maximum atomic E-state index is 12.5. The second kappa shape index (κ2) is 7.23. The van der Waals surface area contributed by atoms with Gasteiger partial charge in [0, 0.05) is 0 Å². The molecule has 0 unspecified atom stereocenters. The third kappa shape index (κ3) is 4.16. The highest BCUT2D eigenvalue weighted by atomic mass is 16.5. The molecule has 1 aliphatic heterocycles. The molecule has 0 fully saturated rings. The predicted octanol–water partition coefficient (Wildman–Crippen LogP) is 3.13. The highest BCUT2D eigenvalue weighted by Gasteiger charge is 2.27. The number of amides is 2. The summed E-state index contributed by atoms with van der Waals surface area (Å²) >= 11 is 0. The molecular weight excluding hydrogens is 344 g/mol. The molecule has 2 aromatic carbocycles. The van der Waals surface area contributed by atoms with Crippen LogP contribution in [0.25, 0.3) is 0 Å². The average molecular weight is 366 g/mol. The molecule has 3 rings (SSSR count). The van der Waals surface area contributed by atoms with Crippen molar-refractivity contribution in [1.29, 1.82) is 0 Å². The average Bonchev–Trinajstić information content (AvgIpc) is 2.64. The zero-order chi connectivity index (χ0) is 19.6. The van der Waals surface area contributed by atoms with E-state index in [-0.39, 0.29) is 17.9 Å². The number of hydrogen-bond acceptors (Lipinski definition) is 4. The van der Waals surface area contributed by atoms with Crippen LogP contribution in [0.4, 0.5) is 11.4 Å². The van der Waals surface area contributed by atoms with Crippen molar-refractivity contribution in [3.8, 4) is 0 Å². The fourth-order valence-electron chi connectivity index (χ4n) is 2.85. The van der Waals surface area contributed by atoms with Crippen LogP contribution in [0.3, 0.4) is 0 Å². The Labute approximate surface area is 158 Å². The molecule has 1 heterocycles. The Hall–Kier alpha value is -3.15. The van der Waals surface area contributed by atoms with E-state index in [2.05, 4.69) is 26.1 Å². The van der Waals surface area contributed by atoms with Gasteiger partial charge in [0.15, 0.2) is 6.61 Å². The summed E-state index contributed by atoms with van der Waals surface area (Å²) in [4.78, 5) is 37.9. The second-order valence-electron chi connectivity index (χ2n) is 7.45. The van der Waals surface area contributed by atoms with Crippen molar-refractivity contribution in [3.63, 3.8) is 0 Å². The molecule has 0 saturated carbocycles. The van der Waals surface area contributed by atoms with Crippen LogP contribution in [0, 0.1) is 0 Å². The largest absolute Gasteiger partial charge is 0.452 e. The van der Waals surface area contributed by atoms with Gasteiger partial charge in [-0.3, -0.25) is 14.5 Å². The molecule has 0 spiro atoms. The van der Waals surface area contributed by atoms with Gasteiger partial charge in [0.2, 0.25) is 5.91 Å². The first kappa shape index (κ1) is 18.6. The molecule has 1 aliphatic rings. The van der Waals surface area contributed by atoms with Crippen molar-refractivity contribution < 1.29 is 19.1 Å². The van der Waals surface area contributed by atoms with Gasteiger partial charge >= 0.3 is 5.97 Å². The maximum Gasteiger partial charge on any atom is 0.338 e. The monoisotopic (exact) mass is 366 g/mol. The lowest BCUT2D eigenvalue weighted by atomic mass is 9.87. The second-order valence-corrected chi connectivity index (χ2v) is 7.45. The Kier molecular flexibility index (Phi) is 4.99. The van der Waals surface area contributed by atoms with Crippen LogP contribution in [0.5, 0.6) is 0 Å². The molecule has 0 atom stereocenters. The normalized spacial score (nSPS) is 13.6. The SMILES string of the molecule is CC(C)(C)c1ccc(C(=O)OCC(=O)N2CC(=O)Nc3ccccc32)cc1. The molecule has 140 valence electrons. The fraction of sp³-hybridized carbons (Fsp3) is 0.286. The Bertz CT molecular complexity index is 882. The van der Waals surface area contributed by atoms with Crippen LogP contribution >= 0.6 is 0 Å². The van der Waals surface area contributed by atoms with Crippen molar-refractivity contribution in [2.45, 2.75) is 26.2 Å². The van der Waals surface area contributed by atoms with E-state index >= 15 is 0 Å². The first-order valence-corrected chi connectivity index (χ1v) is 8.72. The summed E-state index contributed by atoms with van der Waals surface area (Å²) in [5.41, 5.74) is 2.62. The third-order valence-corrected chi connectivity index (χ3v) is 4.39. The number of anilines is 2. The molecular formula is C21H22N2O4. The summed E-state index contributed by atoms with van der Waals surface area (Å²) < 4.78 is 5.16. The van der Waals surface area contributed by atoms with Crippen molar-refractivity contribution in [1.82, 2.24) is 0 Å². The molecule has 0 saturated heterocycles. The van der Waals surface area contributed by atoms with Crippen LogP contribution in [0.15, 0.2) is 48.5 Å². The summed E-state index contributed by atoms with van der Waals surface area (Å²) in [6, 6.07) is 14.1. The van der Waals surface area contributed by atoms with E-state index < -0.39 is 18.5 Å². The zero-order valence-corrected chi connectivity index (χ0v) is 15.6. The van der Waals surface area contributed by atoms with E-state index in [1.807, 2.05) is 12.1 Å². The summed E-state index contributed by atoms with van der Waals surface area (Å²) in [5.74, 6) is -1.30. The van der Waals surface area contributed by atoms with E-state index in [1.54, 1.807) is 36.4 Å². The Balaban J connectivity index is 1.66. The molecule has 0 aliphatic carbocycles. The quantitative estimate of drug-likeness (QED) is 0.847. The topological polar surface area (TPSA) is 75.7 Å². The molecule has 2 aromatic rings. The summed E-state index contributed by atoms with van der Waals surface area (Å²) in [6.07, 6.45) is 0. The van der Waals surface area contributed by atoms with Crippen LogP contribution < -0.4 is 10.2 Å². The predicted molar refractivity (Wildman–Crippen MR) is 103 cm³/mol. The molecule has 0 bridgehead atoms. The number of carbonyl (C=O) groups is 3. The number of ether oxygens (including phenoxy) is 1. The minimum absolute atomic E-state index is 0.0133. The van der Waals surface area contributed by atoms with Crippen molar-refractivity contribution >= 4 is 29.2 Å². The minimum Gasteiger partial charge on any atom is -0.452 e. The van der Waals surface area contributed by atoms with Gasteiger partial charge in [-0.1, -0.05) is 45.0 Å². The fourth-order valence-corrected chi connectivity index (χ4v) is 2.85. The number of nitrogens with zero attached hydrogens (tertiary/aromatic N) is 1. The van der Waals surface area contributed by atoms with Crippen molar-refractivity contribution in [2.75, 3.05) is 23.4 Å². The zero-order valence-electron chi connectivity index (χ0n) is 15.6. The highest BCUT2D eigenvalue weighted by molar-refractivity contribution is 6.10. The Morgan fingerprint density at radius 1 is 1.07 bits per heavy atom. The number of esters is 1. The van der Waals surface area contributed by atoms with Gasteiger partial charge in [-0.2, -0.15) is 0 Å². The lowest BCUT2D eigenvalue weighted by Gasteiger charge is -2.28. The van der Waals surface area contributed by atoms with E-state index in [1.165, 1.54) is 4.90 Å². The van der Waals surface area contributed by atoms with E-state index in [0.717, 1.165) is 5.56 Å². The molecule has 2 amide bonds. The van der Waals surface area contributed by atoms with E-state index in [0.29, 0.717) is 16.9 Å². The van der Waals surface area contributed by atoms with Crippen LogP contribution in [-0.4, -0.2) is 30.9 Å². The number of fused-ring (bicyclic) bond motifs is 1. The number of benzene rings is 2. The van der Waals surface area contributed by atoms with Crippen molar-refractivity contribution in [2.24, 2.45) is 0 Å². The van der Waals surface area contributed by atoms with Gasteiger partial charge in [0.05, 0.1) is 16.9 Å². The molecule has 0 radical (unpaired) electrons.